The number of halogens is 3. The summed E-state index contributed by atoms with van der Waals surface area (Å²) in [5.74, 6) is -0.117. The van der Waals surface area contributed by atoms with Crippen molar-refractivity contribution in [1.29, 1.82) is 0 Å². The van der Waals surface area contributed by atoms with E-state index in [0.717, 1.165) is 5.56 Å². The fraction of sp³-hybridized carbons (Fsp3) is 0.250. The van der Waals surface area contributed by atoms with Gasteiger partial charge in [-0.3, -0.25) is 0 Å². The monoisotopic (exact) mass is 391 g/mol. The van der Waals surface area contributed by atoms with E-state index in [-0.39, 0.29) is 36.6 Å². The Morgan fingerprint density at radius 2 is 2.00 bits per heavy atom. The summed E-state index contributed by atoms with van der Waals surface area (Å²) in [4.78, 5) is 0.381. The number of benzene rings is 2. The van der Waals surface area contributed by atoms with Gasteiger partial charge in [-0.15, -0.1) is 12.4 Å². The van der Waals surface area contributed by atoms with E-state index in [0.29, 0.717) is 16.5 Å². The highest BCUT2D eigenvalue weighted by molar-refractivity contribution is 7.91. The van der Waals surface area contributed by atoms with Gasteiger partial charge in [0.2, 0.25) is 0 Å². The van der Waals surface area contributed by atoms with Crippen molar-refractivity contribution < 1.29 is 17.5 Å². The first kappa shape index (κ1) is 19.0. The number of sulfone groups is 1. The molecule has 0 amide bonds. The Morgan fingerprint density at radius 3 is 2.79 bits per heavy atom. The Hall–Kier alpha value is -1.34. The number of rotatable bonds is 5. The zero-order chi connectivity index (χ0) is 16.4. The molecule has 1 atom stereocenters. The molecule has 0 radical (unpaired) electrons. The van der Waals surface area contributed by atoms with Crippen molar-refractivity contribution >= 4 is 33.8 Å². The van der Waals surface area contributed by atoms with Crippen LogP contribution >= 0.6 is 24.0 Å². The molecule has 0 bridgehead atoms. The summed E-state index contributed by atoms with van der Waals surface area (Å²) < 4.78 is 42.7. The Kier molecular flexibility index (Phi) is 6.09. The predicted molar refractivity (Wildman–Crippen MR) is 93.4 cm³/mol. The molecule has 0 aromatic heterocycles. The van der Waals surface area contributed by atoms with Gasteiger partial charge in [-0.25, -0.2) is 12.8 Å². The van der Waals surface area contributed by atoms with Gasteiger partial charge in [-0.1, -0.05) is 29.8 Å². The van der Waals surface area contributed by atoms with Crippen LogP contribution in [0, 0.1) is 5.82 Å². The molecule has 1 unspecified atom stereocenters. The second kappa shape index (κ2) is 7.70. The summed E-state index contributed by atoms with van der Waals surface area (Å²) in [7, 11) is -3.23. The fourth-order valence-electron chi connectivity index (χ4n) is 2.60. The van der Waals surface area contributed by atoms with E-state index in [1.807, 2.05) is 12.1 Å². The zero-order valence-corrected chi connectivity index (χ0v) is 14.9. The summed E-state index contributed by atoms with van der Waals surface area (Å²) in [5.41, 5.74) is 0.774. The van der Waals surface area contributed by atoms with E-state index in [2.05, 4.69) is 5.32 Å². The molecule has 4 nitrogen and oxygen atoms in total. The molecule has 0 aliphatic carbocycles. The minimum Gasteiger partial charge on any atom is -0.491 e. The lowest BCUT2D eigenvalue weighted by Gasteiger charge is -2.13. The van der Waals surface area contributed by atoms with Crippen molar-refractivity contribution in [1.82, 2.24) is 5.32 Å². The summed E-state index contributed by atoms with van der Waals surface area (Å²) in [5, 5.41) is 3.49. The number of hydrogen-bond donors (Lipinski definition) is 1. The quantitative estimate of drug-likeness (QED) is 0.793. The third kappa shape index (κ3) is 4.00. The first-order valence-corrected chi connectivity index (χ1v) is 9.13. The molecule has 3 rings (SSSR count). The standard InChI is InChI=1S/C16H15ClFNO3S.ClH/c17-13-6-5-11(18)9-15(13)22-8-7-19-14-10-23(20,21)16-4-2-1-3-12(14)16;/h1-6,9,14,19H,7-8,10H2;1H. The Balaban J connectivity index is 0.00000208. The van der Waals surface area contributed by atoms with E-state index in [1.54, 1.807) is 12.1 Å². The Labute approximate surface area is 151 Å². The van der Waals surface area contributed by atoms with Crippen LogP contribution in [0.1, 0.15) is 11.6 Å². The van der Waals surface area contributed by atoms with Crippen LogP contribution in [0.15, 0.2) is 47.4 Å². The highest BCUT2D eigenvalue weighted by Gasteiger charge is 2.33. The van der Waals surface area contributed by atoms with Crippen LogP contribution in [0.4, 0.5) is 4.39 Å². The fourth-order valence-corrected chi connectivity index (χ4v) is 4.54. The first-order valence-electron chi connectivity index (χ1n) is 7.10. The largest absolute Gasteiger partial charge is 0.491 e. The van der Waals surface area contributed by atoms with Crippen LogP contribution < -0.4 is 10.1 Å². The van der Waals surface area contributed by atoms with Crippen LogP contribution in [-0.4, -0.2) is 27.3 Å². The van der Waals surface area contributed by atoms with Crippen LogP contribution in [-0.2, 0) is 9.84 Å². The van der Waals surface area contributed by atoms with Gasteiger partial charge in [-0.2, -0.15) is 0 Å². The molecule has 1 aliphatic heterocycles. The zero-order valence-electron chi connectivity index (χ0n) is 12.5. The van der Waals surface area contributed by atoms with Crippen LogP contribution in [0.25, 0.3) is 0 Å². The normalized spacial score (nSPS) is 17.8. The number of fused-ring (bicyclic) bond motifs is 1. The topological polar surface area (TPSA) is 55.4 Å². The molecule has 1 heterocycles. The Bertz CT molecular complexity index is 830. The number of ether oxygens (including phenoxy) is 1. The van der Waals surface area contributed by atoms with Gasteiger partial charge in [0.15, 0.2) is 9.84 Å². The minimum atomic E-state index is -3.23. The van der Waals surface area contributed by atoms with Gasteiger partial charge in [0.25, 0.3) is 0 Å². The molecule has 24 heavy (non-hydrogen) atoms. The molecule has 2 aromatic rings. The van der Waals surface area contributed by atoms with E-state index < -0.39 is 15.7 Å². The molecule has 1 N–H and O–H groups in total. The second-order valence-corrected chi connectivity index (χ2v) is 7.66. The molecule has 0 fully saturated rings. The third-order valence-corrected chi connectivity index (χ3v) is 5.79. The van der Waals surface area contributed by atoms with E-state index in [1.165, 1.54) is 18.2 Å². The lowest BCUT2D eigenvalue weighted by Crippen LogP contribution is -2.27. The Morgan fingerprint density at radius 1 is 1.25 bits per heavy atom. The summed E-state index contributed by atoms with van der Waals surface area (Å²) in [6.07, 6.45) is 0. The van der Waals surface area contributed by atoms with Crippen molar-refractivity contribution in [3.63, 3.8) is 0 Å². The average molecular weight is 392 g/mol. The summed E-state index contributed by atoms with van der Waals surface area (Å²) >= 11 is 5.92. The van der Waals surface area contributed by atoms with E-state index >= 15 is 0 Å². The van der Waals surface area contributed by atoms with Gasteiger partial charge in [0.1, 0.15) is 18.2 Å². The van der Waals surface area contributed by atoms with Gasteiger partial charge in [-0.05, 0) is 23.8 Å². The maximum absolute atomic E-state index is 13.1. The van der Waals surface area contributed by atoms with Gasteiger partial charge in [0.05, 0.1) is 15.7 Å². The molecule has 0 saturated heterocycles. The molecule has 130 valence electrons. The smallest absolute Gasteiger partial charge is 0.180 e. The lowest BCUT2D eigenvalue weighted by atomic mass is 10.1. The molecule has 8 heteroatoms. The molecule has 2 aromatic carbocycles. The molecule has 1 aliphatic rings. The van der Waals surface area contributed by atoms with Crippen molar-refractivity contribution in [3.05, 3.63) is 58.9 Å². The van der Waals surface area contributed by atoms with Crippen molar-refractivity contribution in [2.45, 2.75) is 10.9 Å². The summed E-state index contributed by atoms with van der Waals surface area (Å²) in [6, 6.07) is 10.6. The summed E-state index contributed by atoms with van der Waals surface area (Å²) in [6.45, 7) is 0.670. The average Bonchev–Trinajstić information content (AvgIpc) is 2.79. The molecule has 0 saturated carbocycles. The van der Waals surface area contributed by atoms with Gasteiger partial charge >= 0.3 is 0 Å². The minimum absolute atomic E-state index is 0. The van der Waals surface area contributed by atoms with E-state index in [9.17, 15) is 12.8 Å². The maximum atomic E-state index is 13.1. The molecular formula is C16H16Cl2FNO3S. The number of hydrogen-bond acceptors (Lipinski definition) is 4. The van der Waals surface area contributed by atoms with Gasteiger partial charge in [0, 0.05) is 18.7 Å². The molecular weight excluding hydrogens is 376 g/mol. The number of nitrogens with one attached hydrogen (secondary N) is 1. The van der Waals surface area contributed by atoms with Crippen LogP contribution in [0.2, 0.25) is 5.02 Å². The highest BCUT2D eigenvalue weighted by Crippen LogP contribution is 2.32. The van der Waals surface area contributed by atoms with Crippen molar-refractivity contribution in [3.8, 4) is 5.75 Å². The predicted octanol–water partition coefficient (Wildman–Crippen LogP) is 3.40. The van der Waals surface area contributed by atoms with Crippen molar-refractivity contribution in [2.75, 3.05) is 18.9 Å². The molecule has 0 spiro atoms. The van der Waals surface area contributed by atoms with E-state index in [4.69, 9.17) is 16.3 Å². The maximum Gasteiger partial charge on any atom is 0.180 e. The second-order valence-electron chi connectivity index (χ2n) is 5.25. The van der Waals surface area contributed by atoms with Crippen LogP contribution in [0.3, 0.4) is 0 Å². The highest BCUT2D eigenvalue weighted by atomic mass is 35.5. The van der Waals surface area contributed by atoms with Crippen LogP contribution in [0.5, 0.6) is 5.75 Å². The SMILES string of the molecule is Cl.O=S1(=O)CC(NCCOc2cc(F)ccc2Cl)c2ccccc21. The first-order chi connectivity index (χ1) is 11.0. The van der Waals surface area contributed by atoms with Gasteiger partial charge < -0.3 is 10.1 Å². The van der Waals surface area contributed by atoms with Crippen molar-refractivity contribution in [2.24, 2.45) is 0 Å². The lowest BCUT2D eigenvalue weighted by molar-refractivity contribution is 0.307. The third-order valence-electron chi connectivity index (χ3n) is 3.66.